The first kappa shape index (κ1) is 20.1. The van der Waals surface area contributed by atoms with Crippen LogP contribution < -0.4 is 5.32 Å². The summed E-state index contributed by atoms with van der Waals surface area (Å²) in [6, 6.07) is 12.9. The topological polar surface area (TPSA) is 54.5 Å². The molecule has 1 aliphatic heterocycles. The summed E-state index contributed by atoms with van der Waals surface area (Å²) in [4.78, 5) is 19.8. The number of para-hydroxylation sites is 1. The highest BCUT2D eigenvalue weighted by Crippen LogP contribution is 2.40. The van der Waals surface area contributed by atoms with Crippen LogP contribution in [0.1, 0.15) is 58.6 Å². The maximum Gasteiger partial charge on any atom is 0.410 e. The first-order valence-corrected chi connectivity index (χ1v) is 11.0. The second-order valence-corrected chi connectivity index (χ2v) is 9.52. The molecule has 4 rings (SSSR count). The van der Waals surface area contributed by atoms with Crippen molar-refractivity contribution in [2.75, 3.05) is 6.54 Å². The van der Waals surface area contributed by atoms with E-state index in [1.807, 2.05) is 39.0 Å². The minimum absolute atomic E-state index is 0.150. The largest absolute Gasteiger partial charge is 0.444 e. The van der Waals surface area contributed by atoms with Crippen molar-refractivity contribution in [3.63, 3.8) is 0 Å². The van der Waals surface area contributed by atoms with Crippen molar-refractivity contribution in [2.45, 2.75) is 77.1 Å². The van der Waals surface area contributed by atoms with Gasteiger partial charge in [0.15, 0.2) is 0 Å². The number of amides is 1. The van der Waals surface area contributed by atoms with Gasteiger partial charge in [0.2, 0.25) is 0 Å². The van der Waals surface area contributed by atoms with E-state index in [0.717, 1.165) is 36.0 Å². The van der Waals surface area contributed by atoms with Crippen LogP contribution >= 0.6 is 0 Å². The molecule has 1 saturated heterocycles. The van der Waals surface area contributed by atoms with Crippen LogP contribution in [0.3, 0.4) is 0 Å². The molecule has 2 aliphatic rings. The summed E-state index contributed by atoms with van der Waals surface area (Å²) in [6.07, 6.45) is 5.75. The molecule has 0 unspecified atom stereocenters. The molecule has 1 aliphatic carbocycles. The van der Waals surface area contributed by atoms with Crippen LogP contribution in [0.4, 0.5) is 4.79 Å². The van der Waals surface area contributed by atoms with Crippen molar-refractivity contribution in [1.29, 1.82) is 0 Å². The Hall–Kier alpha value is -2.14. The first-order chi connectivity index (χ1) is 13.9. The van der Waals surface area contributed by atoms with Gasteiger partial charge in [0, 0.05) is 30.6 Å². The fourth-order valence-electron chi connectivity index (χ4n) is 4.92. The predicted molar refractivity (Wildman–Crippen MR) is 116 cm³/mol. The number of nitrogens with zero attached hydrogens (tertiary/aromatic N) is 2. The van der Waals surface area contributed by atoms with Crippen molar-refractivity contribution in [3.05, 3.63) is 42.1 Å². The molecule has 3 atom stereocenters. The number of carbonyl (C=O) groups excluding carboxylic acids is 1. The summed E-state index contributed by atoms with van der Waals surface area (Å²) in [7, 11) is 0. The van der Waals surface area contributed by atoms with Gasteiger partial charge in [-0.05, 0) is 58.1 Å². The van der Waals surface area contributed by atoms with Gasteiger partial charge in [-0.2, -0.15) is 0 Å². The van der Waals surface area contributed by atoms with E-state index in [1.165, 1.54) is 19.3 Å². The summed E-state index contributed by atoms with van der Waals surface area (Å²) in [5.41, 5.74) is 1.59. The third kappa shape index (κ3) is 4.72. The van der Waals surface area contributed by atoms with Crippen molar-refractivity contribution in [3.8, 4) is 0 Å². The number of hydrogen-bond donors (Lipinski definition) is 1. The second kappa shape index (κ2) is 8.31. The highest BCUT2D eigenvalue weighted by Gasteiger charge is 2.45. The van der Waals surface area contributed by atoms with E-state index in [9.17, 15) is 4.79 Å². The molecular weight excluding hydrogens is 362 g/mol. The highest BCUT2D eigenvalue weighted by molar-refractivity contribution is 5.78. The minimum atomic E-state index is -0.461. The maximum atomic E-state index is 13.0. The van der Waals surface area contributed by atoms with Crippen LogP contribution in [-0.4, -0.2) is 40.2 Å². The molecule has 2 heterocycles. The molecule has 2 aromatic rings. The number of rotatable bonds is 4. The third-order valence-electron chi connectivity index (χ3n) is 6.14. The Morgan fingerprint density at radius 3 is 2.79 bits per heavy atom. The van der Waals surface area contributed by atoms with Gasteiger partial charge >= 0.3 is 6.09 Å². The summed E-state index contributed by atoms with van der Waals surface area (Å²) in [5, 5.41) is 4.71. The highest BCUT2D eigenvalue weighted by atomic mass is 16.6. The number of likely N-dealkylation sites (tertiary alicyclic amines) is 1. The summed E-state index contributed by atoms with van der Waals surface area (Å²) in [5.74, 6) is 0.613. The Balaban J connectivity index is 1.41. The zero-order valence-corrected chi connectivity index (χ0v) is 17.9. The van der Waals surface area contributed by atoms with E-state index < -0.39 is 5.60 Å². The molecule has 29 heavy (non-hydrogen) atoms. The zero-order chi connectivity index (χ0) is 20.4. The number of benzene rings is 1. The lowest BCUT2D eigenvalue weighted by molar-refractivity contribution is 0.0104. The molecule has 5 nitrogen and oxygen atoms in total. The second-order valence-electron chi connectivity index (χ2n) is 9.52. The third-order valence-corrected chi connectivity index (χ3v) is 6.14. The molecule has 1 amide bonds. The number of nitrogens with one attached hydrogen (secondary N) is 1. The summed E-state index contributed by atoms with van der Waals surface area (Å²) < 4.78 is 5.76. The maximum absolute atomic E-state index is 13.0. The molecule has 1 aromatic carbocycles. The molecule has 0 radical (unpaired) electrons. The van der Waals surface area contributed by atoms with Gasteiger partial charge in [-0.25, -0.2) is 4.79 Å². The van der Waals surface area contributed by atoms with Crippen LogP contribution in [0.15, 0.2) is 36.4 Å². The van der Waals surface area contributed by atoms with E-state index in [-0.39, 0.29) is 12.1 Å². The lowest BCUT2D eigenvalue weighted by Gasteiger charge is -2.35. The molecular formula is C24H33N3O2. The summed E-state index contributed by atoms with van der Waals surface area (Å²) >= 11 is 0. The number of hydrogen-bond acceptors (Lipinski definition) is 4. The van der Waals surface area contributed by atoms with Gasteiger partial charge in [-0.3, -0.25) is 4.98 Å². The van der Waals surface area contributed by atoms with Gasteiger partial charge in [0.05, 0.1) is 11.2 Å². The lowest BCUT2D eigenvalue weighted by atomic mass is 9.85. The van der Waals surface area contributed by atoms with Crippen LogP contribution in [0.2, 0.25) is 0 Å². The van der Waals surface area contributed by atoms with Crippen molar-refractivity contribution in [2.24, 2.45) is 5.92 Å². The summed E-state index contributed by atoms with van der Waals surface area (Å²) in [6.45, 7) is 7.31. The van der Waals surface area contributed by atoms with Crippen molar-refractivity contribution < 1.29 is 9.53 Å². The smallest absolute Gasteiger partial charge is 0.410 e. The van der Waals surface area contributed by atoms with Crippen molar-refractivity contribution in [1.82, 2.24) is 15.2 Å². The fourth-order valence-corrected chi connectivity index (χ4v) is 4.92. The van der Waals surface area contributed by atoms with E-state index in [1.54, 1.807) is 0 Å². The predicted octanol–water partition coefficient (Wildman–Crippen LogP) is 4.89. The Morgan fingerprint density at radius 1 is 1.17 bits per heavy atom. The van der Waals surface area contributed by atoms with Gasteiger partial charge in [0.25, 0.3) is 0 Å². The Morgan fingerprint density at radius 2 is 1.97 bits per heavy atom. The number of ether oxygens (including phenoxy) is 1. The number of aromatic nitrogens is 1. The van der Waals surface area contributed by atoms with E-state index in [2.05, 4.69) is 28.4 Å². The van der Waals surface area contributed by atoms with Gasteiger partial charge < -0.3 is 15.0 Å². The minimum Gasteiger partial charge on any atom is -0.444 e. The van der Waals surface area contributed by atoms with Crippen LogP contribution in [0.25, 0.3) is 10.9 Å². The quantitative estimate of drug-likeness (QED) is 0.801. The molecule has 1 N–H and O–H groups in total. The number of fused-ring (bicyclic) bond motifs is 2. The van der Waals surface area contributed by atoms with E-state index in [0.29, 0.717) is 18.5 Å². The SMILES string of the molecule is CC(C)(C)OC(=O)N1[C@@H](CNCc2ccc3ccccc3n2)C[C@@H]2CCCC[C@@H]21. The molecule has 2 fully saturated rings. The van der Waals surface area contributed by atoms with Gasteiger partial charge in [-0.15, -0.1) is 0 Å². The number of pyridine rings is 1. The lowest BCUT2D eigenvalue weighted by Crippen LogP contribution is -2.48. The molecule has 156 valence electrons. The average molecular weight is 396 g/mol. The van der Waals surface area contributed by atoms with E-state index >= 15 is 0 Å². The number of carbonyl (C=O) groups is 1. The monoisotopic (exact) mass is 395 g/mol. The Kier molecular flexibility index (Phi) is 5.77. The van der Waals surface area contributed by atoms with E-state index in [4.69, 9.17) is 9.72 Å². The van der Waals surface area contributed by atoms with Crippen LogP contribution in [0, 0.1) is 5.92 Å². The van der Waals surface area contributed by atoms with Crippen molar-refractivity contribution >= 4 is 17.0 Å². The van der Waals surface area contributed by atoms with Gasteiger partial charge in [0.1, 0.15) is 5.60 Å². The zero-order valence-electron chi connectivity index (χ0n) is 17.9. The average Bonchev–Trinajstić information content (AvgIpc) is 3.05. The molecule has 5 heteroatoms. The molecule has 0 spiro atoms. The van der Waals surface area contributed by atoms with Gasteiger partial charge in [-0.1, -0.05) is 37.1 Å². The Bertz CT molecular complexity index is 861. The normalized spacial score (nSPS) is 24.5. The molecule has 1 saturated carbocycles. The fraction of sp³-hybridized carbons (Fsp3) is 0.583. The molecule has 1 aromatic heterocycles. The first-order valence-electron chi connectivity index (χ1n) is 11.0. The van der Waals surface area contributed by atoms with Crippen LogP contribution in [0.5, 0.6) is 0 Å². The standard InChI is InChI=1S/C24H33N3O2/c1-24(2,3)29-23(28)27-20(14-18-9-5-7-11-22(18)27)16-25-15-19-13-12-17-8-4-6-10-21(17)26-19/h4,6,8,10,12-13,18,20,22,25H,5,7,9,11,14-16H2,1-3H3/t18-,20+,22-/m0/s1. The molecule has 0 bridgehead atoms. The Labute approximate surface area is 173 Å². The van der Waals surface area contributed by atoms with Crippen LogP contribution in [-0.2, 0) is 11.3 Å².